The summed E-state index contributed by atoms with van der Waals surface area (Å²) in [6.45, 7) is 0. The van der Waals surface area contributed by atoms with Gasteiger partial charge in [0.2, 0.25) is 5.91 Å². The Hall–Kier alpha value is -3.25. The minimum atomic E-state index is -0.189. The highest BCUT2D eigenvalue weighted by molar-refractivity contribution is 7.99. The minimum Gasteiger partial charge on any atom is -0.497 e. The van der Waals surface area contributed by atoms with Gasteiger partial charge in [0.15, 0.2) is 5.16 Å². The number of H-pyrrole nitrogens is 1. The quantitative estimate of drug-likeness (QED) is 0.444. The minimum absolute atomic E-state index is 0.0502. The molecule has 0 radical (unpaired) electrons. The van der Waals surface area contributed by atoms with Gasteiger partial charge < -0.3 is 15.0 Å². The SMILES string of the molecule is COc1ccc2nc(SCC(=O)NC(c3ccccc3)c3ccccc3)[nH]c2c1. The molecule has 3 aromatic carbocycles. The first-order chi connectivity index (χ1) is 14.2. The summed E-state index contributed by atoms with van der Waals surface area (Å²) in [5, 5.41) is 3.86. The topological polar surface area (TPSA) is 67.0 Å². The summed E-state index contributed by atoms with van der Waals surface area (Å²) < 4.78 is 5.24. The number of nitrogens with one attached hydrogen (secondary N) is 2. The Kier molecular flexibility index (Phi) is 5.81. The lowest BCUT2D eigenvalue weighted by Gasteiger charge is -2.19. The van der Waals surface area contributed by atoms with E-state index in [4.69, 9.17) is 4.74 Å². The Balaban J connectivity index is 1.46. The number of hydrogen-bond acceptors (Lipinski definition) is 4. The van der Waals surface area contributed by atoms with Gasteiger partial charge in [0.05, 0.1) is 29.9 Å². The van der Waals surface area contributed by atoms with Gasteiger partial charge in [-0.3, -0.25) is 4.79 Å². The van der Waals surface area contributed by atoms with E-state index in [-0.39, 0.29) is 17.7 Å². The first kappa shape index (κ1) is 19.1. The summed E-state index contributed by atoms with van der Waals surface area (Å²) >= 11 is 1.38. The second kappa shape index (κ2) is 8.84. The molecule has 4 aromatic rings. The van der Waals surface area contributed by atoms with Crippen LogP contribution in [0.15, 0.2) is 84.0 Å². The Morgan fingerprint density at radius 1 is 1.03 bits per heavy atom. The predicted molar refractivity (Wildman–Crippen MR) is 116 cm³/mol. The molecule has 0 saturated heterocycles. The molecule has 1 amide bonds. The van der Waals surface area contributed by atoms with E-state index in [1.807, 2.05) is 78.9 Å². The van der Waals surface area contributed by atoms with Crippen molar-refractivity contribution < 1.29 is 9.53 Å². The molecule has 0 spiro atoms. The second-order valence-electron chi connectivity index (χ2n) is 6.54. The molecule has 0 bridgehead atoms. The maximum atomic E-state index is 12.7. The van der Waals surface area contributed by atoms with Crippen LogP contribution in [-0.2, 0) is 4.79 Å². The molecule has 0 saturated carbocycles. The summed E-state index contributed by atoms with van der Waals surface area (Å²) in [7, 11) is 1.63. The molecular formula is C23H21N3O2S. The van der Waals surface area contributed by atoms with E-state index in [0.29, 0.717) is 5.16 Å². The molecule has 146 valence electrons. The highest BCUT2D eigenvalue weighted by Gasteiger charge is 2.17. The van der Waals surface area contributed by atoms with Crippen molar-refractivity contribution in [3.05, 3.63) is 90.0 Å². The van der Waals surface area contributed by atoms with Crippen LogP contribution in [0.3, 0.4) is 0 Å². The van der Waals surface area contributed by atoms with Gasteiger partial charge >= 0.3 is 0 Å². The number of methoxy groups -OCH3 is 1. The van der Waals surface area contributed by atoms with Crippen LogP contribution in [0.5, 0.6) is 5.75 Å². The second-order valence-corrected chi connectivity index (χ2v) is 7.50. The Bertz CT molecular complexity index is 1060. The molecule has 0 unspecified atom stereocenters. The molecule has 0 aliphatic rings. The highest BCUT2D eigenvalue weighted by Crippen LogP contribution is 2.24. The van der Waals surface area contributed by atoms with Crippen molar-refractivity contribution in [1.82, 2.24) is 15.3 Å². The Labute approximate surface area is 173 Å². The van der Waals surface area contributed by atoms with Crippen LogP contribution >= 0.6 is 11.8 Å². The standard InChI is InChI=1S/C23H21N3O2S/c1-28-18-12-13-19-20(14-18)25-23(24-19)29-15-21(27)26-22(16-8-4-2-5-9-16)17-10-6-3-7-11-17/h2-14,22H,15H2,1H3,(H,24,25)(H,26,27). The first-order valence-electron chi connectivity index (χ1n) is 9.29. The molecule has 0 aliphatic carbocycles. The van der Waals surface area contributed by atoms with Crippen LogP contribution in [0.4, 0.5) is 0 Å². The normalized spacial score (nSPS) is 11.0. The van der Waals surface area contributed by atoms with Gasteiger partial charge in [-0.25, -0.2) is 4.98 Å². The fraction of sp³-hybridized carbons (Fsp3) is 0.130. The molecule has 1 aromatic heterocycles. The highest BCUT2D eigenvalue weighted by atomic mass is 32.2. The van der Waals surface area contributed by atoms with Crippen molar-refractivity contribution in [3.8, 4) is 5.75 Å². The predicted octanol–water partition coefficient (Wildman–Crippen LogP) is 4.57. The van der Waals surface area contributed by atoms with Crippen LogP contribution < -0.4 is 10.1 Å². The van der Waals surface area contributed by atoms with Crippen LogP contribution in [0.25, 0.3) is 11.0 Å². The van der Waals surface area contributed by atoms with Crippen molar-refractivity contribution in [2.45, 2.75) is 11.2 Å². The van der Waals surface area contributed by atoms with Crippen LogP contribution in [-0.4, -0.2) is 28.7 Å². The number of carbonyl (C=O) groups is 1. The largest absolute Gasteiger partial charge is 0.497 e. The molecule has 6 heteroatoms. The molecular weight excluding hydrogens is 382 g/mol. The number of aromatic nitrogens is 2. The number of aromatic amines is 1. The van der Waals surface area contributed by atoms with Crippen LogP contribution in [0, 0.1) is 0 Å². The molecule has 29 heavy (non-hydrogen) atoms. The van der Waals surface area contributed by atoms with E-state index in [1.165, 1.54) is 11.8 Å². The number of hydrogen-bond donors (Lipinski definition) is 2. The number of fused-ring (bicyclic) bond motifs is 1. The van der Waals surface area contributed by atoms with E-state index >= 15 is 0 Å². The molecule has 0 fully saturated rings. The monoisotopic (exact) mass is 403 g/mol. The van der Waals surface area contributed by atoms with Gasteiger partial charge in [0.1, 0.15) is 5.75 Å². The van der Waals surface area contributed by atoms with Crippen molar-refractivity contribution in [2.75, 3.05) is 12.9 Å². The van der Waals surface area contributed by atoms with E-state index in [1.54, 1.807) is 7.11 Å². The number of imidazole rings is 1. The zero-order chi connectivity index (χ0) is 20.1. The average molecular weight is 404 g/mol. The molecule has 5 nitrogen and oxygen atoms in total. The zero-order valence-corrected chi connectivity index (χ0v) is 16.8. The van der Waals surface area contributed by atoms with Crippen LogP contribution in [0.2, 0.25) is 0 Å². The molecule has 0 atom stereocenters. The molecule has 4 rings (SSSR count). The van der Waals surface area contributed by atoms with Gasteiger partial charge in [0.25, 0.3) is 0 Å². The summed E-state index contributed by atoms with van der Waals surface area (Å²) in [5.41, 5.74) is 3.83. The summed E-state index contributed by atoms with van der Waals surface area (Å²) in [4.78, 5) is 20.5. The Morgan fingerprint density at radius 3 is 2.31 bits per heavy atom. The van der Waals surface area contributed by atoms with Gasteiger partial charge in [-0.05, 0) is 23.3 Å². The zero-order valence-electron chi connectivity index (χ0n) is 16.0. The fourth-order valence-electron chi connectivity index (χ4n) is 3.15. The average Bonchev–Trinajstić information content (AvgIpc) is 3.19. The van der Waals surface area contributed by atoms with E-state index in [9.17, 15) is 4.79 Å². The molecule has 2 N–H and O–H groups in total. The lowest BCUT2D eigenvalue weighted by Crippen LogP contribution is -2.30. The number of amides is 1. The first-order valence-corrected chi connectivity index (χ1v) is 10.3. The van der Waals surface area contributed by atoms with Gasteiger partial charge in [0, 0.05) is 6.07 Å². The molecule has 1 heterocycles. The fourth-order valence-corrected chi connectivity index (χ4v) is 3.84. The van der Waals surface area contributed by atoms with E-state index < -0.39 is 0 Å². The number of rotatable bonds is 7. The summed E-state index contributed by atoms with van der Waals surface area (Å²) in [6.07, 6.45) is 0. The van der Waals surface area contributed by atoms with Gasteiger partial charge in [-0.2, -0.15) is 0 Å². The maximum absolute atomic E-state index is 12.7. The maximum Gasteiger partial charge on any atom is 0.231 e. The van der Waals surface area contributed by atoms with Crippen LogP contribution in [0.1, 0.15) is 17.2 Å². The van der Waals surface area contributed by atoms with Crippen molar-refractivity contribution in [2.24, 2.45) is 0 Å². The summed E-state index contributed by atoms with van der Waals surface area (Å²) in [5.74, 6) is 0.988. The lowest BCUT2D eigenvalue weighted by atomic mass is 9.99. The third kappa shape index (κ3) is 4.60. The number of benzene rings is 3. The van der Waals surface area contributed by atoms with Gasteiger partial charge in [-0.1, -0.05) is 72.4 Å². The van der Waals surface area contributed by atoms with E-state index in [2.05, 4.69) is 15.3 Å². The van der Waals surface area contributed by atoms with Crippen molar-refractivity contribution in [3.63, 3.8) is 0 Å². The molecule has 0 aliphatic heterocycles. The van der Waals surface area contributed by atoms with Crippen molar-refractivity contribution >= 4 is 28.7 Å². The van der Waals surface area contributed by atoms with Crippen molar-refractivity contribution in [1.29, 1.82) is 0 Å². The van der Waals surface area contributed by atoms with E-state index in [0.717, 1.165) is 27.9 Å². The van der Waals surface area contributed by atoms with Gasteiger partial charge in [-0.15, -0.1) is 0 Å². The lowest BCUT2D eigenvalue weighted by molar-refractivity contribution is -0.119. The number of thioether (sulfide) groups is 1. The Morgan fingerprint density at radius 2 is 1.69 bits per heavy atom. The smallest absolute Gasteiger partial charge is 0.231 e. The third-order valence-electron chi connectivity index (χ3n) is 4.58. The third-order valence-corrected chi connectivity index (χ3v) is 5.45. The number of carbonyl (C=O) groups excluding carboxylic acids is 1. The number of nitrogens with zero attached hydrogens (tertiary/aromatic N) is 1. The summed E-state index contributed by atoms with van der Waals surface area (Å²) in [6, 6.07) is 25.4. The number of ether oxygens (including phenoxy) is 1.